The second kappa shape index (κ2) is 4.18. The maximum atomic E-state index is 11.1. The van der Waals surface area contributed by atoms with Crippen LogP contribution in [0.15, 0.2) is 11.4 Å². The van der Waals surface area contributed by atoms with Crippen molar-refractivity contribution in [1.29, 1.82) is 0 Å². The Labute approximate surface area is 99.7 Å². The van der Waals surface area contributed by atoms with Gasteiger partial charge in [-0.15, -0.1) is 11.3 Å². The number of nitrogens with zero attached hydrogens (tertiary/aromatic N) is 1. The molecule has 16 heavy (non-hydrogen) atoms. The minimum absolute atomic E-state index is 0.550. The van der Waals surface area contributed by atoms with Crippen LogP contribution in [-0.2, 0) is 11.3 Å². The fourth-order valence-corrected chi connectivity index (χ4v) is 3.08. The Balaban J connectivity index is 2.00. The van der Waals surface area contributed by atoms with Gasteiger partial charge in [0.2, 0.25) is 0 Å². The fourth-order valence-electron chi connectivity index (χ4n) is 2.14. The van der Waals surface area contributed by atoms with E-state index in [0.717, 1.165) is 19.5 Å². The number of hydrogen-bond acceptors (Lipinski definition) is 3. The number of aliphatic carboxylic acids is 1. The monoisotopic (exact) mass is 239 g/mol. The van der Waals surface area contributed by atoms with Gasteiger partial charge < -0.3 is 5.11 Å². The van der Waals surface area contributed by atoms with Crippen LogP contribution < -0.4 is 0 Å². The Morgan fingerprint density at radius 1 is 1.69 bits per heavy atom. The van der Waals surface area contributed by atoms with E-state index in [1.54, 1.807) is 11.3 Å². The number of rotatable bonds is 3. The third-order valence-electron chi connectivity index (χ3n) is 3.40. The maximum absolute atomic E-state index is 11.1. The van der Waals surface area contributed by atoms with E-state index in [1.807, 2.05) is 6.92 Å². The lowest BCUT2D eigenvalue weighted by molar-refractivity contribution is -0.147. The summed E-state index contributed by atoms with van der Waals surface area (Å²) in [5, 5.41) is 11.2. The average Bonchev–Trinajstić information content (AvgIpc) is 2.77. The second-order valence-electron chi connectivity index (χ2n) is 4.85. The van der Waals surface area contributed by atoms with Crippen LogP contribution in [0.5, 0.6) is 0 Å². The van der Waals surface area contributed by atoms with Gasteiger partial charge in [-0.3, -0.25) is 9.69 Å². The second-order valence-corrected chi connectivity index (χ2v) is 5.85. The van der Waals surface area contributed by atoms with E-state index in [4.69, 9.17) is 5.11 Å². The number of likely N-dealkylation sites (tertiary alicyclic amines) is 1. The molecule has 1 unspecified atom stereocenters. The maximum Gasteiger partial charge on any atom is 0.310 e. The molecule has 0 saturated carbocycles. The van der Waals surface area contributed by atoms with Crippen molar-refractivity contribution < 1.29 is 9.90 Å². The molecule has 0 bridgehead atoms. The molecule has 1 aliphatic heterocycles. The first-order valence-electron chi connectivity index (χ1n) is 5.50. The quantitative estimate of drug-likeness (QED) is 0.880. The molecule has 0 spiro atoms. The minimum atomic E-state index is -0.669. The lowest BCUT2D eigenvalue weighted by Crippen LogP contribution is -2.31. The van der Waals surface area contributed by atoms with E-state index in [9.17, 15) is 4.79 Å². The smallest absolute Gasteiger partial charge is 0.310 e. The van der Waals surface area contributed by atoms with Gasteiger partial charge in [-0.2, -0.15) is 0 Å². The SMILES string of the molecule is Cc1ccsc1CN1CCC(C)(C(=O)O)C1. The first kappa shape index (κ1) is 11.6. The predicted octanol–water partition coefficient (Wildman–Crippen LogP) is 2.35. The highest BCUT2D eigenvalue weighted by molar-refractivity contribution is 7.10. The molecule has 0 aromatic carbocycles. The highest BCUT2D eigenvalue weighted by Gasteiger charge is 2.40. The summed E-state index contributed by atoms with van der Waals surface area (Å²) in [6, 6.07) is 2.12. The molecule has 1 N–H and O–H groups in total. The van der Waals surface area contributed by atoms with Gasteiger partial charge in [0.15, 0.2) is 0 Å². The van der Waals surface area contributed by atoms with Gasteiger partial charge in [-0.05, 0) is 43.8 Å². The first-order valence-corrected chi connectivity index (χ1v) is 6.38. The molecule has 2 rings (SSSR count). The Bertz CT molecular complexity index is 401. The number of carboxylic acids is 1. The molecule has 0 amide bonds. The van der Waals surface area contributed by atoms with Crippen molar-refractivity contribution in [3.05, 3.63) is 21.9 Å². The lowest BCUT2D eigenvalue weighted by Gasteiger charge is -2.19. The van der Waals surface area contributed by atoms with Gasteiger partial charge >= 0.3 is 5.97 Å². The van der Waals surface area contributed by atoms with Crippen molar-refractivity contribution in [3.63, 3.8) is 0 Å². The third kappa shape index (κ3) is 2.13. The molecule has 2 heterocycles. The first-order chi connectivity index (χ1) is 7.51. The van der Waals surface area contributed by atoms with Gasteiger partial charge in [0.25, 0.3) is 0 Å². The van der Waals surface area contributed by atoms with Crippen LogP contribution in [0, 0.1) is 12.3 Å². The molecule has 1 atom stereocenters. The highest BCUT2D eigenvalue weighted by atomic mass is 32.1. The van der Waals surface area contributed by atoms with Crippen LogP contribution in [-0.4, -0.2) is 29.1 Å². The number of hydrogen-bond donors (Lipinski definition) is 1. The van der Waals surface area contributed by atoms with Gasteiger partial charge in [0.05, 0.1) is 5.41 Å². The van der Waals surface area contributed by atoms with Gasteiger partial charge in [-0.1, -0.05) is 0 Å². The zero-order chi connectivity index (χ0) is 11.8. The Morgan fingerprint density at radius 2 is 2.44 bits per heavy atom. The number of thiophene rings is 1. The van der Waals surface area contributed by atoms with Crippen LogP contribution in [0.1, 0.15) is 23.8 Å². The van der Waals surface area contributed by atoms with Crippen molar-refractivity contribution in [3.8, 4) is 0 Å². The lowest BCUT2D eigenvalue weighted by atomic mass is 9.90. The van der Waals surface area contributed by atoms with E-state index in [2.05, 4.69) is 23.3 Å². The molecule has 0 aliphatic carbocycles. The van der Waals surface area contributed by atoms with E-state index < -0.39 is 11.4 Å². The topological polar surface area (TPSA) is 40.5 Å². The van der Waals surface area contributed by atoms with Crippen molar-refractivity contribution in [2.24, 2.45) is 5.41 Å². The molecular formula is C12H17NO2S. The average molecular weight is 239 g/mol. The molecule has 1 aromatic rings. The zero-order valence-electron chi connectivity index (χ0n) is 9.69. The van der Waals surface area contributed by atoms with Crippen LogP contribution in [0.2, 0.25) is 0 Å². The number of carboxylic acid groups (broad SMARTS) is 1. The molecule has 88 valence electrons. The van der Waals surface area contributed by atoms with Gasteiger partial charge in [0.1, 0.15) is 0 Å². The van der Waals surface area contributed by atoms with E-state index >= 15 is 0 Å². The van der Waals surface area contributed by atoms with Crippen LogP contribution in [0.4, 0.5) is 0 Å². The normalized spacial score (nSPS) is 26.1. The standard InChI is InChI=1S/C12H17NO2S/c1-9-3-6-16-10(9)7-13-5-4-12(2,8-13)11(14)15/h3,6H,4-5,7-8H2,1-2H3,(H,14,15). The molecule has 1 fully saturated rings. The predicted molar refractivity (Wildman–Crippen MR) is 64.7 cm³/mol. The molecule has 0 radical (unpaired) electrons. The van der Waals surface area contributed by atoms with Crippen LogP contribution in [0.3, 0.4) is 0 Å². The highest BCUT2D eigenvalue weighted by Crippen LogP contribution is 2.32. The fraction of sp³-hybridized carbons (Fsp3) is 0.583. The summed E-state index contributed by atoms with van der Waals surface area (Å²) >= 11 is 1.76. The molecule has 1 aliphatic rings. The zero-order valence-corrected chi connectivity index (χ0v) is 10.5. The van der Waals surface area contributed by atoms with Crippen molar-refractivity contribution in [1.82, 2.24) is 4.90 Å². The van der Waals surface area contributed by atoms with Crippen LogP contribution >= 0.6 is 11.3 Å². The summed E-state index contributed by atoms with van der Waals surface area (Å²) in [5.74, 6) is -0.669. The van der Waals surface area contributed by atoms with E-state index in [1.165, 1.54) is 10.4 Å². The largest absolute Gasteiger partial charge is 0.481 e. The van der Waals surface area contributed by atoms with E-state index in [0.29, 0.717) is 6.54 Å². The van der Waals surface area contributed by atoms with Crippen molar-refractivity contribution >= 4 is 17.3 Å². The minimum Gasteiger partial charge on any atom is -0.481 e. The third-order valence-corrected chi connectivity index (χ3v) is 4.41. The molecular weight excluding hydrogens is 222 g/mol. The molecule has 1 aromatic heterocycles. The summed E-state index contributed by atoms with van der Waals surface area (Å²) < 4.78 is 0. The van der Waals surface area contributed by atoms with Gasteiger partial charge in [0, 0.05) is 18.0 Å². The van der Waals surface area contributed by atoms with Crippen molar-refractivity contribution in [2.75, 3.05) is 13.1 Å². The number of aryl methyl sites for hydroxylation is 1. The summed E-state index contributed by atoms with van der Waals surface area (Å²) in [7, 11) is 0. The molecule has 4 heteroatoms. The Morgan fingerprint density at radius 3 is 2.94 bits per heavy atom. The Kier molecular flexibility index (Phi) is 3.04. The molecule has 1 saturated heterocycles. The summed E-state index contributed by atoms with van der Waals surface area (Å²) in [4.78, 5) is 14.7. The van der Waals surface area contributed by atoms with Gasteiger partial charge in [-0.25, -0.2) is 0 Å². The summed E-state index contributed by atoms with van der Waals surface area (Å²) in [5.41, 5.74) is 0.763. The van der Waals surface area contributed by atoms with E-state index in [-0.39, 0.29) is 0 Å². The Hall–Kier alpha value is -0.870. The summed E-state index contributed by atoms with van der Waals surface area (Å²) in [6.07, 6.45) is 0.757. The molecule has 3 nitrogen and oxygen atoms in total. The van der Waals surface area contributed by atoms with Crippen LogP contribution in [0.25, 0.3) is 0 Å². The van der Waals surface area contributed by atoms with Crippen molar-refractivity contribution in [2.45, 2.75) is 26.8 Å². The summed E-state index contributed by atoms with van der Waals surface area (Å²) in [6.45, 7) is 6.40. The number of carbonyl (C=O) groups is 1.